The van der Waals surface area contributed by atoms with Crippen molar-refractivity contribution in [2.24, 2.45) is 0 Å². The fourth-order valence-corrected chi connectivity index (χ4v) is 4.04. The first-order chi connectivity index (χ1) is 11.2. The maximum atomic E-state index is 12.6. The predicted octanol–water partition coefficient (Wildman–Crippen LogP) is 1.70. The summed E-state index contributed by atoms with van der Waals surface area (Å²) in [5.41, 5.74) is 1.03. The lowest BCUT2D eigenvalue weighted by Crippen LogP contribution is -2.43. The molecule has 3 saturated heterocycles. The van der Waals surface area contributed by atoms with Crippen molar-refractivity contribution in [1.82, 2.24) is 9.80 Å². The van der Waals surface area contributed by atoms with Gasteiger partial charge in [0.1, 0.15) is 11.8 Å². The van der Waals surface area contributed by atoms with E-state index in [-0.39, 0.29) is 24.0 Å². The van der Waals surface area contributed by atoms with Crippen molar-refractivity contribution >= 4 is 17.6 Å². The number of hydrogen-bond acceptors (Lipinski definition) is 4. The van der Waals surface area contributed by atoms with Crippen LogP contribution in [-0.2, 0) is 4.79 Å². The molecule has 3 aliphatic rings. The van der Waals surface area contributed by atoms with E-state index in [1.807, 2.05) is 24.3 Å². The van der Waals surface area contributed by atoms with E-state index in [4.69, 9.17) is 4.74 Å². The van der Waals surface area contributed by atoms with Gasteiger partial charge in [0.2, 0.25) is 0 Å². The molecular weight excluding hydrogens is 294 g/mol. The average molecular weight is 315 g/mol. The summed E-state index contributed by atoms with van der Waals surface area (Å²) in [7, 11) is 1.66. The van der Waals surface area contributed by atoms with Gasteiger partial charge >= 0.3 is 6.03 Å². The molecule has 23 heavy (non-hydrogen) atoms. The number of carbonyl (C=O) groups is 2. The second-order valence-corrected chi connectivity index (χ2v) is 6.40. The molecule has 3 aliphatic heterocycles. The summed E-state index contributed by atoms with van der Waals surface area (Å²) in [5.74, 6) is 0.826. The number of imide groups is 1. The summed E-state index contributed by atoms with van der Waals surface area (Å²) in [6.45, 7) is 2.22. The predicted molar refractivity (Wildman–Crippen MR) is 85.6 cm³/mol. The number of hydrogen-bond donors (Lipinski definition) is 0. The number of rotatable bonds is 3. The minimum Gasteiger partial charge on any atom is -0.495 e. The van der Waals surface area contributed by atoms with E-state index >= 15 is 0 Å². The van der Waals surface area contributed by atoms with Crippen LogP contribution >= 0.6 is 0 Å². The third-order valence-corrected chi connectivity index (χ3v) is 5.18. The summed E-state index contributed by atoms with van der Waals surface area (Å²) in [5, 5.41) is 0. The Morgan fingerprint density at radius 2 is 1.96 bits per heavy atom. The molecule has 2 atom stereocenters. The molecule has 1 aromatic rings. The zero-order valence-electron chi connectivity index (χ0n) is 13.3. The number of ether oxygens (including phenoxy) is 1. The molecule has 0 aliphatic carbocycles. The summed E-state index contributed by atoms with van der Waals surface area (Å²) in [4.78, 5) is 30.6. The number of nitrogens with zero attached hydrogens (tertiary/aromatic N) is 3. The van der Waals surface area contributed by atoms with Gasteiger partial charge in [-0.05, 0) is 31.4 Å². The van der Waals surface area contributed by atoms with E-state index < -0.39 is 0 Å². The Balaban J connectivity index is 1.53. The molecule has 122 valence electrons. The van der Waals surface area contributed by atoms with Crippen LogP contribution in [0.2, 0.25) is 0 Å². The minimum atomic E-state index is -0.206. The van der Waals surface area contributed by atoms with Gasteiger partial charge in [-0.2, -0.15) is 0 Å². The molecule has 3 fully saturated rings. The fourth-order valence-electron chi connectivity index (χ4n) is 4.04. The van der Waals surface area contributed by atoms with Crippen molar-refractivity contribution < 1.29 is 14.3 Å². The number of para-hydroxylation sites is 2. The van der Waals surface area contributed by atoms with E-state index in [9.17, 15) is 9.59 Å². The number of carbonyl (C=O) groups excluding carboxylic acids is 2. The first-order valence-electron chi connectivity index (χ1n) is 8.22. The van der Waals surface area contributed by atoms with Gasteiger partial charge in [-0.15, -0.1) is 0 Å². The Morgan fingerprint density at radius 1 is 1.13 bits per heavy atom. The Labute approximate surface area is 135 Å². The van der Waals surface area contributed by atoms with Crippen molar-refractivity contribution in [2.45, 2.75) is 31.3 Å². The zero-order valence-corrected chi connectivity index (χ0v) is 13.3. The first-order valence-corrected chi connectivity index (χ1v) is 8.22. The van der Waals surface area contributed by atoms with Crippen LogP contribution in [0.1, 0.15) is 19.3 Å². The normalized spacial score (nSPS) is 27.1. The molecule has 0 aromatic heterocycles. The molecule has 0 bridgehead atoms. The zero-order chi connectivity index (χ0) is 16.0. The highest BCUT2D eigenvalue weighted by atomic mass is 16.5. The van der Waals surface area contributed by atoms with Gasteiger partial charge in [0.15, 0.2) is 0 Å². The molecule has 3 amide bonds. The van der Waals surface area contributed by atoms with Gasteiger partial charge in [-0.3, -0.25) is 9.69 Å². The van der Waals surface area contributed by atoms with Crippen LogP contribution in [0.15, 0.2) is 24.3 Å². The van der Waals surface area contributed by atoms with Crippen molar-refractivity contribution in [1.29, 1.82) is 0 Å². The van der Waals surface area contributed by atoms with Crippen LogP contribution < -0.4 is 9.64 Å². The molecule has 1 aromatic carbocycles. The third-order valence-electron chi connectivity index (χ3n) is 5.18. The molecule has 0 radical (unpaired) electrons. The monoisotopic (exact) mass is 315 g/mol. The number of anilines is 1. The van der Waals surface area contributed by atoms with Crippen molar-refractivity contribution in [3.05, 3.63) is 24.3 Å². The van der Waals surface area contributed by atoms with Crippen LogP contribution in [-0.4, -0.2) is 60.6 Å². The van der Waals surface area contributed by atoms with E-state index in [0.29, 0.717) is 13.1 Å². The van der Waals surface area contributed by atoms with E-state index in [1.54, 1.807) is 12.0 Å². The smallest absolute Gasteiger partial charge is 0.327 e. The first kappa shape index (κ1) is 14.4. The summed E-state index contributed by atoms with van der Waals surface area (Å²) in [6, 6.07) is 7.54. The van der Waals surface area contributed by atoms with Gasteiger partial charge < -0.3 is 14.5 Å². The maximum absolute atomic E-state index is 12.6. The van der Waals surface area contributed by atoms with Gasteiger partial charge in [0.25, 0.3) is 5.91 Å². The number of amides is 3. The third kappa shape index (κ3) is 2.16. The molecule has 3 heterocycles. The second kappa shape index (κ2) is 5.44. The number of fused-ring (bicyclic) bond motifs is 1. The molecule has 0 saturated carbocycles. The molecule has 0 unspecified atom stereocenters. The Morgan fingerprint density at radius 3 is 2.74 bits per heavy atom. The van der Waals surface area contributed by atoms with Crippen LogP contribution in [0.4, 0.5) is 10.5 Å². The standard InChI is InChI=1S/C17H21N3O3/c1-23-15-7-3-2-5-13(15)18-10-8-12(11-18)20-16(21)14-6-4-9-19(14)17(20)22/h2-3,5,7,12,14H,4,6,8-11H2,1H3/t12-,14-/m1/s1. The highest BCUT2D eigenvalue weighted by Crippen LogP contribution is 2.34. The van der Waals surface area contributed by atoms with Gasteiger partial charge in [-0.25, -0.2) is 4.79 Å². The second-order valence-electron chi connectivity index (χ2n) is 6.40. The van der Waals surface area contributed by atoms with Crippen molar-refractivity contribution in [2.75, 3.05) is 31.6 Å². The lowest BCUT2D eigenvalue weighted by molar-refractivity contribution is -0.129. The highest BCUT2D eigenvalue weighted by Gasteiger charge is 2.50. The van der Waals surface area contributed by atoms with Crippen LogP contribution in [0.25, 0.3) is 0 Å². The molecule has 0 spiro atoms. The van der Waals surface area contributed by atoms with E-state index in [1.165, 1.54) is 4.90 Å². The van der Waals surface area contributed by atoms with Crippen molar-refractivity contribution in [3.63, 3.8) is 0 Å². The molecular formula is C17H21N3O3. The lowest BCUT2D eigenvalue weighted by Gasteiger charge is -2.24. The number of benzene rings is 1. The summed E-state index contributed by atoms with van der Waals surface area (Å²) in [6.07, 6.45) is 2.56. The Kier molecular flexibility index (Phi) is 3.39. The van der Waals surface area contributed by atoms with Gasteiger partial charge in [-0.1, -0.05) is 12.1 Å². The SMILES string of the molecule is COc1ccccc1N1CC[C@@H](N2C(=O)[C@H]3CCCN3C2=O)C1. The minimum absolute atomic E-state index is 0.000577. The number of urea groups is 1. The van der Waals surface area contributed by atoms with E-state index in [0.717, 1.165) is 37.2 Å². The molecule has 6 nitrogen and oxygen atoms in total. The quantitative estimate of drug-likeness (QED) is 0.797. The summed E-state index contributed by atoms with van der Waals surface area (Å²) >= 11 is 0. The lowest BCUT2D eigenvalue weighted by atomic mass is 10.2. The number of methoxy groups -OCH3 is 1. The summed E-state index contributed by atoms with van der Waals surface area (Å²) < 4.78 is 5.42. The topological polar surface area (TPSA) is 53.1 Å². The van der Waals surface area contributed by atoms with Crippen LogP contribution in [0.3, 0.4) is 0 Å². The Hall–Kier alpha value is -2.24. The van der Waals surface area contributed by atoms with E-state index in [2.05, 4.69) is 4.90 Å². The van der Waals surface area contributed by atoms with Crippen LogP contribution in [0.5, 0.6) is 5.75 Å². The highest BCUT2D eigenvalue weighted by molar-refractivity contribution is 6.05. The van der Waals surface area contributed by atoms with Gasteiger partial charge in [0.05, 0.1) is 18.8 Å². The Bertz CT molecular complexity index is 626. The molecule has 6 heteroatoms. The molecule has 4 rings (SSSR count). The largest absolute Gasteiger partial charge is 0.495 e. The average Bonchev–Trinajstić information content (AvgIpc) is 3.27. The fraction of sp³-hybridized carbons (Fsp3) is 0.529. The van der Waals surface area contributed by atoms with Gasteiger partial charge in [0, 0.05) is 19.6 Å². The van der Waals surface area contributed by atoms with Crippen molar-refractivity contribution in [3.8, 4) is 5.75 Å². The maximum Gasteiger partial charge on any atom is 0.327 e. The molecule has 0 N–H and O–H groups in total. The van der Waals surface area contributed by atoms with Crippen LogP contribution in [0, 0.1) is 0 Å².